The molecule has 0 aromatic heterocycles. The fourth-order valence-corrected chi connectivity index (χ4v) is 3.50. The van der Waals surface area contributed by atoms with Crippen molar-refractivity contribution < 1.29 is 9.53 Å². The highest BCUT2D eigenvalue weighted by atomic mass is 32.2. The number of nitrogens with one attached hydrogen (secondary N) is 2. The largest absolute Gasteiger partial charge is 0.383 e. The number of guanidine groups is 1. The third-order valence-electron chi connectivity index (χ3n) is 3.32. The lowest BCUT2D eigenvalue weighted by Gasteiger charge is -2.36. The van der Waals surface area contributed by atoms with Gasteiger partial charge >= 0.3 is 0 Å². The first-order valence-electron chi connectivity index (χ1n) is 5.93. The van der Waals surface area contributed by atoms with Crippen LogP contribution >= 0.6 is 11.8 Å². The van der Waals surface area contributed by atoms with Crippen LogP contribution in [0.5, 0.6) is 0 Å². The Morgan fingerprint density at radius 1 is 1.65 bits per heavy atom. The van der Waals surface area contributed by atoms with Crippen molar-refractivity contribution in [2.75, 3.05) is 26.0 Å². The lowest BCUT2D eigenvalue weighted by atomic mass is 9.90. The van der Waals surface area contributed by atoms with Crippen LogP contribution in [0, 0.1) is 0 Å². The van der Waals surface area contributed by atoms with Gasteiger partial charge in [0.15, 0.2) is 5.96 Å². The first kappa shape index (κ1) is 12.7. The fourth-order valence-electron chi connectivity index (χ4n) is 2.27. The molecule has 2 N–H and O–H groups in total. The highest BCUT2D eigenvalue weighted by molar-refractivity contribution is 8.00. The van der Waals surface area contributed by atoms with E-state index in [0.29, 0.717) is 19.1 Å². The van der Waals surface area contributed by atoms with E-state index in [4.69, 9.17) is 4.74 Å². The highest BCUT2D eigenvalue weighted by Gasteiger charge is 2.50. The van der Waals surface area contributed by atoms with Crippen LogP contribution < -0.4 is 10.6 Å². The quantitative estimate of drug-likeness (QED) is 0.717. The third kappa shape index (κ3) is 2.42. The summed E-state index contributed by atoms with van der Waals surface area (Å²) >= 11 is 1.85. The van der Waals surface area contributed by atoms with Crippen molar-refractivity contribution in [3.05, 3.63) is 0 Å². The summed E-state index contributed by atoms with van der Waals surface area (Å²) in [6, 6.07) is 0. The van der Waals surface area contributed by atoms with Crippen LogP contribution in [0.4, 0.5) is 0 Å². The van der Waals surface area contributed by atoms with Crippen molar-refractivity contribution in [1.82, 2.24) is 10.6 Å². The molecule has 6 heteroatoms. The molecule has 2 rings (SSSR count). The molecule has 2 heterocycles. The summed E-state index contributed by atoms with van der Waals surface area (Å²) in [6.45, 7) is 3.24. The summed E-state index contributed by atoms with van der Waals surface area (Å²) < 4.78 is 4.93. The molecular weight excluding hydrogens is 238 g/mol. The zero-order valence-electron chi connectivity index (χ0n) is 10.3. The summed E-state index contributed by atoms with van der Waals surface area (Å²) in [5.41, 5.74) is -0.450. The Morgan fingerprint density at radius 2 is 2.47 bits per heavy atom. The maximum atomic E-state index is 12.1. The molecule has 0 radical (unpaired) electrons. The van der Waals surface area contributed by atoms with Crippen LogP contribution in [0.1, 0.15) is 19.8 Å². The van der Waals surface area contributed by atoms with Gasteiger partial charge in [0, 0.05) is 12.4 Å². The minimum Gasteiger partial charge on any atom is -0.383 e. The number of carbonyl (C=O) groups excluding carboxylic acids is 1. The normalized spacial score (nSPS) is 35.1. The molecule has 0 bridgehead atoms. The first-order valence-corrected chi connectivity index (χ1v) is 6.98. The number of nitrogens with zero attached hydrogens (tertiary/aromatic N) is 1. The molecule has 1 amide bonds. The molecule has 2 atom stereocenters. The summed E-state index contributed by atoms with van der Waals surface area (Å²) in [5.74, 6) is 1.79. The predicted octanol–water partition coefficient (Wildman–Crippen LogP) is 0.362. The van der Waals surface area contributed by atoms with Gasteiger partial charge in [-0.15, -0.1) is 0 Å². The van der Waals surface area contributed by atoms with Gasteiger partial charge in [0.25, 0.3) is 5.91 Å². The highest BCUT2D eigenvalue weighted by Crippen LogP contribution is 2.35. The van der Waals surface area contributed by atoms with Crippen molar-refractivity contribution in [1.29, 1.82) is 0 Å². The topological polar surface area (TPSA) is 62.7 Å². The van der Waals surface area contributed by atoms with Crippen molar-refractivity contribution in [3.8, 4) is 0 Å². The molecule has 0 aromatic rings. The lowest BCUT2D eigenvalue weighted by molar-refractivity contribution is -0.124. The molecule has 2 aliphatic rings. The monoisotopic (exact) mass is 257 g/mol. The number of hydrogen-bond acceptors (Lipinski definition) is 4. The molecule has 0 aromatic carbocycles. The maximum absolute atomic E-state index is 12.1. The second-order valence-electron chi connectivity index (χ2n) is 4.39. The van der Waals surface area contributed by atoms with Gasteiger partial charge in [0.05, 0.1) is 13.2 Å². The molecule has 2 saturated heterocycles. The number of aliphatic imine (C=N–C) groups is 1. The Morgan fingerprint density at radius 3 is 3.18 bits per heavy atom. The second kappa shape index (κ2) is 5.27. The van der Waals surface area contributed by atoms with Gasteiger partial charge in [-0.1, -0.05) is 6.92 Å². The van der Waals surface area contributed by atoms with E-state index in [1.807, 2.05) is 11.8 Å². The lowest BCUT2D eigenvalue weighted by Crippen LogP contribution is -2.55. The second-order valence-corrected chi connectivity index (χ2v) is 5.84. The molecule has 0 aliphatic carbocycles. The number of hydrogen-bond donors (Lipinski definition) is 2. The molecular formula is C11H19N3O2S. The van der Waals surface area contributed by atoms with Crippen molar-refractivity contribution >= 4 is 23.6 Å². The zero-order valence-corrected chi connectivity index (χ0v) is 11.1. The van der Waals surface area contributed by atoms with Crippen LogP contribution in [0.2, 0.25) is 0 Å². The van der Waals surface area contributed by atoms with Gasteiger partial charge in [-0.2, -0.15) is 11.8 Å². The summed E-state index contributed by atoms with van der Waals surface area (Å²) in [7, 11) is 1.64. The van der Waals surface area contributed by atoms with Crippen LogP contribution in [-0.2, 0) is 9.53 Å². The Hall–Kier alpha value is -0.750. The molecule has 5 nitrogen and oxygen atoms in total. The Kier molecular flexibility index (Phi) is 3.93. The van der Waals surface area contributed by atoms with Gasteiger partial charge in [0.1, 0.15) is 5.54 Å². The first-order chi connectivity index (χ1) is 8.19. The van der Waals surface area contributed by atoms with Crippen LogP contribution in [0.25, 0.3) is 0 Å². The third-order valence-corrected chi connectivity index (χ3v) is 4.75. The molecule has 17 heavy (non-hydrogen) atoms. The number of methoxy groups -OCH3 is 1. The molecule has 96 valence electrons. The van der Waals surface area contributed by atoms with Crippen LogP contribution in [-0.4, -0.2) is 48.7 Å². The average Bonchev–Trinajstić information content (AvgIpc) is 2.62. The van der Waals surface area contributed by atoms with E-state index in [0.717, 1.165) is 18.6 Å². The van der Waals surface area contributed by atoms with E-state index >= 15 is 0 Å². The van der Waals surface area contributed by atoms with Gasteiger partial charge in [-0.25, -0.2) is 0 Å². The zero-order chi connectivity index (χ0) is 12.3. The van der Waals surface area contributed by atoms with Crippen LogP contribution in [0.15, 0.2) is 4.99 Å². The molecule has 2 aliphatic heterocycles. The number of thioether (sulfide) groups is 1. The summed E-state index contributed by atoms with van der Waals surface area (Å²) in [6.07, 6.45) is 1.96. The van der Waals surface area contributed by atoms with Gasteiger partial charge in [-0.05, 0) is 18.6 Å². The van der Waals surface area contributed by atoms with Gasteiger partial charge < -0.3 is 10.1 Å². The van der Waals surface area contributed by atoms with Crippen molar-refractivity contribution in [2.24, 2.45) is 4.99 Å². The van der Waals surface area contributed by atoms with Crippen molar-refractivity contribution in [2.45, 2.75) is 30.6 Å². The number of rotatable bonds is 3. The average molecular weight is 257 g/mol. The number of ether oxygens (including phenoxy) is 1. The summed E-state index contributed by atoms with van der Waals surface area (Å²) in [5, 5.41) is 6.40. The maximum Gasteiger partial charge on any atom is 0.253 e. The molecule has 0 saturated carbocycles. The minimum absolute atomic E-state index is 0.0633. The number of carbonyl (C=O) groups is 1. The van der Waals surface area contributed by atoms with E-state index in [1.54, 1.807) is 7.11 Å². The molecule has 2 unspecified atom stereocenters. The Balaban J connectivity index is 2.05. The number of amides is 1. The van der Waals surface area contributed by atoms with Gasteiger partial charge in [0.2, 0.25) is 0 Å². The van der Waals surface area contributed by atoms with Crippen molar-refractivity contribution in [3.63, 3.8) is 0 Å². The molecule has 2 fully saturated rings. The Bertz CT molecular complexity index is 335. The minimum atomic E-state index is -0.450. The van der Waals surface area contributed by atoms with E-state index in [9.17, 15) is 4.79 Å². The summed E-state index contributed by atoms with van der Waals surface area (Å²) in [4.78, 5) is 16.4. The van der Waals surface area contributed by atoms with Crippen LogP contribution in [0.3, 0.4) is 0 Å². The van der Waals surface area contributed by atoms with E-state index in [1.165, 1.54) is 0 Å². The van der Waals surface area contributed by atoms with E-state index in [2.05, 4.69) is 22.5 Å². The SMILES string of the molecule is COCCN=C1NC(=O)C2(CCCSC2C)N1. The Labute approximate surface area is 106 Å². The van der Waals surface area contributed by atoms with E-state index < -0.39 is 5.54 Å². The van der Waals surface area contributed by atoms with Gasteiger partial charge in [-0.3, -0.25) is 15.1 Å². The molecule has 1 spiro atoms. The van der Waals surface area contributed by atoms with E-state index in [-0.39, 0.29) is 11.2 Å². The smallest absolute Gasteiger partial charge is 0.253 e. The predicted molar refractivity (Wildman–Crippen MR) is 69.3 cm³/mol. The standard InChI is InChI=1S/C11H19N3O2S/c1-8-11(4-3-7-17-8)9(15)13-10(14-11)12-5-6-16-2/h8H,3-7H2,1-2H3,(H2,12,13,14,15). The fraction of sp³-hybridized carbons (Fsp3) is 0.818.